The minimum Gasteiger partial charge on any atom is -0.478 e. The lowest BCUT2D eigenvalue weighted by atomic mass is 10.1. The molecule has 0 radical (unpaired) electrons. The number of rotatable bonds is 6. The molecule has 0 unspecified atom stereocenters. The third-order valence-corrected chi connectivity index (χ3v) is 2.58. The van der Waals surface area contributed by atoms with Crippen LogP contribution in [0.1, 0.15) is 22.7 Å². The van der Waals surface area contributed by atoms with Crippen LogP contribution >= 0.6 is 0 Å². The minimum atomic E-state index is -0.961. The van der Waals surface area contributed by atoms with E-state index in [0.29, 0.717) is 30.4 Å². The molecule has 0 bridgehead atoms. The Labute approximate surface area is 110 Å². The second-order valence-corrected chi connectivity index (χ2v) is 3.98. The molecule has 2 aromatic rings. The number of benzene rings is 1. The Kier molecular flexibility index (Phi) is 4.25. The monoisotopic (exact) mass is 262 g/mol. The SMILES string of the molecule is COCCCc1nnc(-c2ccc(C(=O)O)cc2)o1. The van der Waals surface area contributed by atoms with Gasteiger partial charge in [-0.3, -0.25) is 0 Å². The molecule has 6 nitrogen and oxygen atoms in total. The molecule has 0 atom stereocenters. The highest BCUT2D eigenvalue weighted by molar-refractivity contribution is 5.88. The van der Waals surface area contributed by atoms with Gasteiger partial charge in [-0.1, -0.05) is 0 Å². The van der Waals surface area contributed by atoms with Crippen LogP contribution in [0.3, 0.4) is 0 Å². The number of carboxylic acids is 1. The molecule has 0 spiro atoms. The van der Waals surface area contributed by atoms with Crippen molar-refractivity contribution in [2.45, 2.75) is 12.8 Å². The zero-order valence-electron chi connectivity index (χ0n) is 10.5. The highest BCUT2D eigenvalue weighted by Crippen LogP contribution is 2.18. The molecule has 0 saturated carbocycles. The first-order valence-corrected chi connectivity index (χ1v) is 5.86. The van der Waals surface area contributed by atoms with Gasteiger partial charge in [-0.15, -0.1) is 10.2 Å². The van der Waals surface area contributed by atoms with Gasteiger partial charge in [0.15, 0.2) is 0 Å². The summed E-state index contributed by atoms with van der Waals surface area (Å²) in [5.74, 6) is -0.0175. The quantitative estimate of drug-likeness (QED) is 0.801. The van der Waals surface area contributed by atoms with Crippen molar-refractivity contribution >= 4 is 5.97 Å². The highest BCUT2D eigenvalue weighted by atomic mass is 16.5. The van der Waals surface area contributed by atoms with Crippen LogP contribution in [0.25, 0.3) is 11.5 Å². The van der Waals surface area contributed by atoms with Crippen molar-refractivity contribution in [2.24, 2.45) is 0 Å². The molecule has 0 fully saturated rings. The largest absolute Gasteiger partial charge is 0.478 e. The van der Waals surface area contributed by atoms with Gasteiger partial charge < -0.3 is 14.3 Å². The van der Waals surface area contributed by atoms with Crippen molar-refractivity contribution < 1.29 is 19.1 Å². The molecule has 19 heavy (non-hydrogen) atoms. The van der Waals surface area contributed by atoms with Crippen molar-refractivity contribution in [3.63, 3.8) is 0 Å². The van der Waals surface area contributed by atoms with Gasteiger partial charge in [0.25, 0.3) is 0 Å². The Morgan fingerprint density at radius 3 is 2.68 bits per heavy atom. The number of methoxy groups -OCH3 is 1. The van der Waals surface area contributed by atoms with Gasteiger partial charge in [0, 0.05) is 25.7 Å². The number of hydrogen-bond donors (Lipinski definition) is 1. The van der Waals surface area contributed by atoms with E-state index in [1.165, 1.54) is 12.1 Å². The molecule has 1 aromatic heterocycles. The number of nitrogens with zero attached hydrogens (tertiary/aromatic N) is 2. The summed E-state index contributed by atoms with van der Waals surface area (Å²) in [6.45, 7) is 0.644. The zero-order valence-corrected chi connectivity index (χ0v) is 10.5. The standard InChI is InChI=1S/C13H14N2O4/c1-18-8-2-3-11-14-15-12(19-11)9-4-6-10(7-5-9)13(16)17/h4-7H,2-3,8H2,1H3,(H,16,17). The maximum absolute atomic E-state index is 10.7. The normalized spacial score (nSPS) is 10.6. The first kappa shape index (κ1) is 13.2. The minimum absolute atomic E-state index is 0.226. The van der Waals surface area contributed by atoms with Crippen molar-refractivity contribution in [1.29, 1.82) is 0 Å². The molecule has 0 aliphatic carbocycles. The molecule has 2 rings (SSSR count). The summed E-state index contributed by atoms with van der Waals surface area (Å²) in [7, 11) is 1.64. The second kappa shape index (κ2) is 6.10. The van der Waals surface area contributed by atoms with E-state index in [9.17, 15) is 4.79 Å². The number of ether oxygens (including phenoxy) is 1. The summed E-state index contributed by atoms with van der Waals surface area (Å²) in [6, 6.07) is 6.31. The topological polar surface area (TPSA) is 85.5 Å². The Morgan fingerprint density at radius 2 is 2.05 bits per heavy atom. The number of aryl methyl sites for hydroxylation is 1. The van der Waals surface area contributed by atoms with E-state index in [4.69, 9.17) is 14.3 Å². The first-order valence-electron chi connectivity index (χ1n) is 5.86. The predicted molar refractivity (Wildman–Crippen MR) is 66.9 cm³/mol. The Bertz CT molecular complexity index is 548. The Morgan fingerprint density at radius 1 is 1.32 bits per heavy atom. The molecule has 0 aliphatic rings. The lowest BCUT2D eigenvalue weighted by Gasteiger charge is -1.97. The Hall–Kier alpha value is -2.21. The van der Waals surface area contributed by atoms with Gasteiger partial charge in [-0.2, -0.15) is 0 Å². The van der Waals surface area contributed by atoms with Crippen molar-refractivity contribution in [3.05, 3.63) is 35.7 Å². The predicted octanol–water partition coefficient (Wildman–Crippen LogP) is 2.01. The summed E-state index contributed by atoms with van der Waals surface area (Å²) in [5, 5.41) is 16.7. The van der Waals surface area contributed by atoms with Gasteiger partial charge >= 0.3 is 5.97 Å². The third kappa shape index (κ3) is 3.38. The van der Waals surface area contributed by atoms with Crippen LogP contribution in [0, 0.1) is 0 Å². The molecule has 1 N–H and O–H groups in total. The van der Waals surface area contributed by atoms with E-state index >= 15 is 0 Å². The summed E-state index contributed by atoms with van der Waals surface area (Å²) < 4.78 is 10.4. The van der Waals surface area contributed by atoms with Crippen LogP contribution in [0.15, 0.2) is 28.7 Å². The van der Waals surface area contributed by atoms with Gasteiger partial charge in [0.1, 0.15) is 0 Å². The molecule has 1 aromatic carbocycles. The number of aromatic nitrogens is 2. The molecule has 0 aliphatic heterocycles. The van der Waals surface area contributed by atoms with Crippen LogP contribution in [-0.4, -0.2) is 35.0 Å². The lowest BCUT2D eigenvalue weighted by molar-refractivity contribution is 0.0697. The lowest BCUT2D eigenvalue weighted by Crippen LogP contribution is -1.94. The third-order valence-electron chi connectivity index (χ3n) is 2.58. The first-order chi connectivity index (χ1) is 9.20. The number of aromatic carboxylic acids is 1. The van der Waals surface area contributed by atoms with Crippen LogP contribution in [0.2, 0.25) is 0 Å². The van der Waals surface area contributed by atoms with Gasteiger partial charge in [-0.05, 0) is 30.7 Å². The average molecular weight is 262 g/mol. The van der Waals surface area contributed by atoms with E-state index in [0.717, 1.165) is 6.42 Å². The van der Waals surface area contributed by atoms with Crippen LogP contribution in [0.4, 0.5) is 0 Å². The van der Waals surface area contributed by atoms with E-state index in [1.54, 1.807) is 19.2 Å². The molecule has 1 heterocycles. The Balaban J connectivity index is 2.07. The number of carboxylic acid groups (broad SMARTS) is 1. The highest BCUT2D eigenvalue weighted by Gasteiger charge is 2.09. The summed E-state index contributed by atoms with van der Waals surface area (Å²) >= 11 is 0. The van der Waals surface area contributed by atoms with E-state index in [2.05, 4.69) is 10.2 Å². The molecule has 100 valence electrons. The number of hydrogen-bond acceptors (Lipinski definition) is 5. The fourth-order valence-electron chi connectivity index (χ4n) is 1.59. The van der Waals surface area contributed by atoms with Crippen LogP contribution < -0.4 is 0 Å². The van der Waals surface area contributed by atoms with Crippen molar-refractivity contribution in [2.75, 3.05) is 13.7 Å². The smallest absolute Gasteiger partial charge is 0.335 e. The van der Waals surface area contributed by atoms with E-state index in [-0.39, 0.29) is 5.56 Å². The molecule has 0 saturated heterocycles. The zero-order chi connectivity index (χ0) is 13.7. The summed E-state index contributed by atoms with van der Waals surface area (Å²) in [5.41, 5.74) is 0.930. The molecule has 6 heteroatoms. The molecular formula is C13H14N2O4. The van der Waals surface area contributed by atoms with Gasteiger partial charge in [0.2, 0.25) is 11.8 Å². The van der Waals surface area contributed by atoms with Gasteiger partial charge in [-0.25, -0.2) is 4.79 Å². The fraction of sp³-hybridized carbons (Fsp3) is 0.308. The van der Waals surface area contributed by atoms with Crippen LogP contribution in [-0.2, 0) is 11.2 Å². The maximum atomic E-state index is 10.7. The summed E-state index contributed by atoms with van der Waals surface area (Å²) in [4.78, 5) is 10.7. The van der Waals surface area contributed by atoms with E-state index < -0.39 is 5.97 Å². The molecule has 0 amide bonds. The number of carbonyl (C=O) groups is 1. The van der Waals surface area contributed by atoms with Crippen LogP contribution in [0.5, 0.6) is 0 Å². The maximum Gasteiger partial charge on any atom is 0.335 e. The van der Waals surface area contributed by atoms with Gasteiger partial charge in [0.05, 0.1) is 5.56 Å². The average Bonchev–Trinajstić information content (AvgIpc) is 2.88. The molecular weight excluding hydrogens is 248 g/mol. The van der Waals surface area contributed by atoms with Crippen molar-refractivity contribution in [1.82, 2.24) is 10.2 Å². The van der Waals surface area contributed by atoms with Crippen molar-refractivity contribution in [3.8, 4) is 11.5 Å². The van der Waals surface area contributed by atoms with E-state index in [1.807, 2.05) is 0 Å². The fourth-order valence-corrected chi connectivity index (χ4v) is 1.59. The summed E-state index contributed by atoms with van der Waals surface area (Å²) in [6.07, 6.45) is 1.48. The second-order valence-electron chi connectivity index (χ2n) is 3.98.